The summed E-state index contributed by atoms with van der Waals surface area (Å²) in [6, 6.07) is 2.69. The topological polar surface area (TPSA) is 144 Å². The van der Waals surface area contributed by atoms with Crippen LogP contribution in [0.4, 0.5) is 30.2 Å². The SMILES string of the molecule is CCc1c(N2CCN(C(=O)c3nn(C)c4c3NCCC4)CC2)c(=O)n2nc(C3=CCOCC3)nc2n1CC(=O)Nc1ccc(C(F)(F)F)cc1Cl. The van der Waals surface area contributed by atoms with E-state index in [1.165, 1.54) is 4.52 Å². The molecule has 51 heavy (non-hydrogen) atoms. The summed E-state index contributed by atoms with van der Waals surface area (Å²) in [5, 5.41) is 14.7. The van der Waals surface area contributed by atoms with Gasteiger partial charge in [-0.15, -0.1) is 5.10 Å². The second-order valence-corrected chi connectivity index (χ2v) is 13.0. The molecule has 0 bridgehead atoms. The summed E-state index contributed by atoms with van der Waals surface area (Å²) in [7, 11) is 1.83. The molecule has 0 aliphatic carbocycles. The van der Waals surface area contributed by atoms with Crippen LogP contribution >= 0.6 is 11.6 Å². The van der Waals surface area contributed by atoms with Crippen LogP contribution < -0.4 is 21.1 Å². The summed E-state index contributed by atoms with van der Waals surface area (Å²) >= 11 is 6.13. The van der Waals surface area contributed by atoms with Gasteiger partial charge in [0.15, 0.2) is 11.5 Å². The first-order valence-corrected chi connectivity index (χ1v) is 17.1. The molecule has 0 atom stereocenters. The number of fused-ring (bicyclic) bond motifs is 2. The minimum Gasteiger partial charge on any atom is -0.382 e. The highest BCUT2D eigenvalue weighted by atomic mass is 35.5. The molecule has 4 aromatic rings. The number of nitrogens with one attached hydrogen (secondary N) is 2. The monoisotopic (exact) mass is 728 g/mol. The summed E-state index contributed by atoms with van der Waals surface area (Å²) in [5.41, 5.74) is 2.44. The number of amides is 2. The van der Waals surface area contributed by atoms with E-state index < -0.39 is 23.2 Å². The smallest absolute Gasteiger partial charge is 0.382 e. The molecule has 7 rings (SSSR count). The average molecular weight is 729 g/mol. The molecule has 2 amide bonds. The number of aromatic nitrogens is 6. The summed E-state index contributed by atoms with van der Waals surface area (Å²) in [6.07, 6.45) is -0.0800. The quantitative estimate of drug-likeness (QED) is 0.292. The highest BCUT2D eigenvalue weighted by Gasteiger charge is 2.33. The summed E-state index contributed by atoms with van der Waals surface area (Å²) in [4.78, 5) is 49.7. The van der Waals surface area contributed by atoms with Gasteiger partial charge in [-0.1, -0.05) is 24.6 Å². The Morgan fingerprint density at radius 1 is 1.12 bits per heavy atom. The maximum absolute atomic E-state index is 14.2. The molecular weight excluding hydrogens is 693 g/mol. The lowest BCUT2D eigenvalue weighted by atomic mass is 10.1. The molecule has 14 nitrogen and oxygen atoms in total. The first-order valence-electron chi connectivity index (χ1n) is 16.7. The molecule has 0 saturated carbocycles. The number of alkyl halides is 3. The number of nitrogens with zero attached hydrogens (tertiary/aromatic N) is 8. The van der Waals surface area contributed by atoms with E-state index in [1.807, 2.05) is 24.9 Å². The molecule has 270 valence electrons. The molecule has 18 heteroatoms. The minimum atomic E-state index is -4.60. The van der Waals surface area contributed by atoms with E-state index in [4.69, 9.17) is 16.3 Å². The van der Waals surface area contributed by atoms with E-state index in [0.29, 0.717) is 75.1 Å². The van der Waals surface area contributed by atoms with Gasteiger partial charge in [0.1, 0.15) is 12.2 Å². The van der Waals surface area contributed by atoms with Gasteiger partial charge in [-0.3, -0.25) is 19.1 Å². The van der Waals surface area contributed by atoms with Crippen LogP contribution in [0.2, 0.25) is 5.02 Å². The van der Waals surface area contributed by atoms with Crippen molar-refractivity contribution in [3.63, 3.8) is 0 Å². The molecule has 2 N–H and O–H groups in total. The van der Waals surface area contributed by atoms with Gasteiger partial charge in [-0.25, -0.2) is 0 Å². The fraction of sp³-hybridized carbons (Fsp3) is 0.455. The molecule has 3 aliphatic rings. The number of hydrogen-bond acceptors (Lipinski definition) is 9. The van der Waals surface area contributed by atoms with Gasteiger partial charge in [-0.2, -0.15) is 27.8 Å². The largest absolute Gasteiger partial charge is 0.416 e. The second-order valence-electron chi connectivity index (χ2n) is 12.6. The van der Waals surface area contributed by atoms with E-state index in [2.05, 4.69) is 25.8 Å². The van der Waals surface area contributed by atoms with E-state index in [1.54, 1.807) is 14.1 Å². The molecule has 6 heterocycles. The van der Waals surface area contributed by atoms with Crippen LogP contribution in [0.15, 0.2) is 29.1 Å². The van der Waals surface area contributed by atoms with E-state index in [-0.39, 0.29) is 28.9 Å². The van der Waals surface area contributed by atoms with Gasteiger partial charge in [0, 0.05) is 39.8 Å². The fourth-order valence-corrected chi connectivity index (χ4v) is 7.08. The van der Waals surface area contributed by atoms with Crippen molar-refractivity contribution in [3.05, 3.63) is 68.1 Å². The normalized spacial score (nSPS) is 16.5. The zero-order valence-electron chi connectivity index (χ0n) is 28.0. The zero-order valence-corrected chi connectivity index (χ0v) is 28.8. The Bertz CT molecular complexity index is 2110. The molecule has 3 aliphatic heterocycles. The van der Waals surface area contributed by atoms with Crippen LogP contribution in [-0.4, -0.2) is 91.6 Å². The fourth-order valence-electron chi connectivity index (χ4n) is 6.85. The van der Waals surface area contributed by atoms with Crippen molar-refractivity contribution in [1.82, 2.24) is 33.8 Å². The van der Waals surface area contributed by atoms with Crippen LogP contribution in [0.5, 0.6) is 0 Å². The number of carbonyl (C=O) groups is 2. The highest BCUT2D eigenvalue weighted by Crippen LogP contribution is 2.34. The molecule has 1 saturated heterocycles. The van der Waals surface area contributed by atoms with Crippen molar-refractivity contribution in [2.45, 2.75) is 45.3 Å². The van der Waals surface area contributed by atoms with Crippen molar-refractivity contribution in [3.8, 4) is 0 Å². The molecule has 0 spiro atoms. The zero-order chi connectivity index (χ0) is 36.0. The molecule has 1 fully saturated rings. The van der Waals surface area contributed by atoms with E-state index in [9.17, 15) is 27.6 Å². The first-order chi connectivity index (χ1) is 24.4. The lowest BCUT2D eigenvalue weighted by molar-refractivity contribution is -0.137. The molecular formula is C33H36ClF3N10O4. The Hall–Kier alpha value is -4.90. The molecule has 0 unspecified atom stereocenters. The predicted octanol–water partition coefficient (Wildman–Crippen LogP) is 3.62. The second kappa shape index (κ2) is 13.7. The van der Waals surface area contributed by atoms with Crippen molar-refractivity contribution in [1.29, 1.82) is 0 Å². The van der Waals surface area contributed by atoms with Crippen LogP contribution in [0.3, 0.4) is 0 Å². The van der Waals surface area contributed by atoms with Crippen LogP contribution in [0.1, 0.15) is 53.0 Å². The number of halogens is 4. The lowest BCUT2D eigenvalue weighted by Crippen LogP contribution is -2.51. The van der Waals surface area contributed by atoms with Crippen molar-refractivity contribution in [2.24, 2.45) is 7.05 Å². The summed E-state index contributed by atoms with van der Waals surface area (Å²) in [6.45, 7) is 4.44. The Kier molecular flexibility index (Phi) is 9.26. The number of hydrogen-bond donors (Lipinski definition) is 2. The Morgan fingerprint density at radius 2 is 1.90 bits per heavy atom. The number of piperazine rings is 1. The third kappa shape index (κ3) is 6.55. The van der Waals surface area contributed by atoms with Crippen molar-refractivity contribution >= 4 is 51.8 Å². The van der Waals surface area contributed by atoms with Gasteiger partial charge in [-0.05, 0) is 49.5 Å². The van der Waals surface area contributed by atoms with Crippen LogP contribution in [0.25, 0.3) is 11.4 Å². The standard InChI is InChI=1S/C33H36ClF3N10O4/c1-3-23-28(44-11-13-45(14-12-44)30(49)27-26-24(43(2)41-27)5-4-10-38-26)31(50)47-32(40-29(42-47)19-8-15-51-16-9-19)46(23)18-25(48)39-22-7-6-20(17-21(22)34)33(35,36)37/h6-8,17,38H,3-5,9-16,18H2,1-2H3,(H,39,48). The number of aryl methyl sites for hydroxylation is 1. The van der Waals surface area contributed by atoms with Crippen molar-refractivity contribution in [2.75, 3.05) is 61.5 Å². The van der Waals surface area contributed by atoms with Gasteiger partial charge >= 0.3 is 6.18 Å². The van der Waals surface area contributed by atoms with Gasteiger partial charge in [0.2, 0.25) is 11.7 Å². The Balaban J connectivity index is 1.21. The minimum absolute atomic E-state index is 0.00434. The molecule has 3 aromatic heterocycles. The first kappa shape index (κ1) is 34.5. The average Bonchev–Trinajstić information content (AvgIpc) is 3.72. The maximum atomic E-state index is 14.2. The number of anilines is 3. The number of carbonyl (C=O) groups excluding carboxylic acids is 2. The lowest BCUT2D eigenvalue weighted by Gasteiger charge is -2.36. The maximum Gasteiger partial charge on any atom is 0.416 e. The molecule has 0 radical (unpaired) electrons. The number of ether oxygens (including phenoxy) is 1. The van der Waals surface area contributed by atoms with Crippen LogP contribution in [-0.2, 0) is 42.1 Å². The van der Waals surface area contributed by atoms with Gasteiger partial charge < -0.3 is 29.7 Å². The van der Waals surface area contributed by atoms with Crippen LogP contribution in [0, 0.1) is 0 Å². The van der Waals surface area contributed by atoms with Crippen molar-refractivity contribution < 1.29 is 27.5 Å². The van der Waals surface area contributed by atoms with E-state index >= 15 is 0 Å². The molecule has 1 aromatic carbocycles. The van der Waals surface area contributed by atoms with E-state index in [0.717, 1.165) is 54.5 Å². The Labute approximate surface area is 294 Å². The summed E-state index contributed by atoms with van der Waals surface area (Å²) in [5.74, 6) is -0.315. The van der Waals surface area contributed by atoms with Gasteiger partial charge in [0.05, 0.1) is 46.6 Å². The third-order valence-electron chi connectivity index (χ3n) is 9.43. The number of benzene rings is 1. The third-order valence-corrected chi connectivity index (χ3v) is 9.74. The predicted molar refractivity (Wildman–Crippen MR) is 183 cm³/mol. The number of rotatable bonds is 7. The summed E-state index contributed by atoms with van der Waals surface area (Å²) < 4.78 is 49.6. The van der Waals surface area contributed by atoms with Gasteiger partial charge in [0.25, 0.3) is 11.5 Å². The Morgan fingerprint density at radius 3 is 2.59 bits per heavy atom. The highest BCUT2D eigenvalue weighted by molar-refractivity contribution is 6.33.